The molecule has 1 saturated carbocycles. The van der Waals surface area contributed by atoms with Crippen LogP contribution >= 0.6 is 0 Å². The van der Waals surface area contributed by atoms with Crippen LogP contribution in [-0.4, -0.2) is 39.5 Å². The van der Waals surface area contributed by atoms with Crippen LogP contribution in [0, 0.1) is 6.92 Å². The summed E-state index contributed by atoms with van der Waals surface area (Å²) in [5.41, 5.74) is 0.874. The minimum atomic E-state index is -4.35. The maximum absolute atomic E-state index is 12.3. The summed E-state index contributed by atoms with van der Waals surface area (Å²) in [6.07, 6.45) is 1.53. The van der Waals surface area contributed by atoms with E-state index < -0.39 is 12.8 Å². The molecular formula is C21H29F3N6O. The molecule has 10 heteroatoms. The summed E-state index contributed by atoms with van der Waals surface area (Å²) < 4.78 is 43.5. The molecule has 0 saturated heterocycles. The largest absolute Gasteiger partial charge is 0.484 e. The van der Waals surface area contributed by atoms with Gasteiger partial charge in [-0.25, -0.2) is 4.99 Å². The lowest BCUT2D eigenvalue weighted by atomic mass is 9.96. The number of benzene rings is 1. The third kappa shape index (κ3) is 7.45. The van der Waals surface area contributed by atoms with Gasteiger partial charge in [0.25, 0.3) is 0 Å². The number of nitrogens with zero attached hydrogens (tertiary/aromatic N) is 4. The van der Waals surface area contributed by atoms with E-state index in [0.717, 1.165) is 30.1 Å². The van der Waals surface area contributed by atoms with E-state index in [1.54, 1.807) is 12.1 Å². The van der Waals surface area contributed by atoms with Gasteiger partial charge in [0, 0.05) is 13.1 Å². The summed E-state index contributed by atoms with van der Waals surface area (Å²) in [5, 5.41) is 15.1. The van der Waals surface area contributed by atoms with Crippen molar-refractivity contribution in [3.05, 3.63) is 41.5 Å². The van der Waals surface area contributed by atoms with E-state index in [-0.39, 0.29) is 5.75 Å². The maximum Gasteiger partial charge on any atom is 0.422 e. The van der Waals surface area contributed by atoms with Gasteiger partial charge in [0.15, 0.2) is 18.4 Å². The third-order valence-electron chi connectivity index (χ3n) is 5.29. The predicted octanol–water partition coefficient (Wildman–Crippen LogP) is 3.63. The molecule has 3 rings (SSSR count). The van der Waals surface area contributed by atoms with Crippen LogP contribution in [0.15, 0.2) is 29.3 Å². The highest BCUT2D eigenvalue weighted by molar-refractivity contribution is 5.80. The van der Waals surface area contributed by atoms with Crippen LogP contribution in [0.2, 0.25) is 0 Å². The van der Waals surface area contributed by atoms with Gasteiger partial charge >= 0.3 is 6.18 Å². The number of aliphatic imine (C=N–C) groups is 1. The Labute approximate surface area is 180 Å². The molecule has 1 aliphatic carbocycles. The first kappa shape index (κ1) is 22.9. The average Bonchev–Trinajstić information content (AvgIpc) is 3.07. The minimum absolute atomic E-state index is 0.182. The first-order chi connectivity index (χ1) is 14.8. The molecule has 2 aromatic rings. The highest BCUT2D eigenvalue weighted by atomic mass is 19.4. The lowest BCUT2D eigenvalue weighted by Crippen LogP contribution is -2.44. The van der Waals surface area contributed by atoms with Crippen molar-refractivity contribution in [3.63, 3.8) is 0 Å². The zero-order valence-corrected chi connectivity index (χ0v) is 17.9. The van der Waals surface area contributed by atoms with Gasteiger partial charge in [-0.15, -0.1) is 10.2 Å². The number of aromatic nitrogens is 3. The van der Waals surface area contributed by atoms with Crippen LogP contribution in [0.25, 0.3) is 0 Å². The van der Waals surface area contributed by atoms with Crippen molar-refractivity contribution in [2.24, 2.45) is 12.0 Å². The Morgan fingerprint density at radius 1 is 1.16 bits per heavy atom. The standard InChI is InChI=1S/C21H29F3N6O/c1-15-28-29-19(30(15)2)13-26-20(27-17-6-4-3-5-7-17)25-12-16-8-10-18(11-9-16)31-14-21(22,23)24/h8-11,17H,3-7,12-14H2,1-2H3,(H2,25,26,27). The summed E-state index contributed by atoms with van der Waals surface area (Å²) in [4.78, 5) is 4.67. The van der Waals surface area contributed by atoms with E-state index in [1.165, 1.54) is 31.4 Å². The molecule has 0 unspecified atom stereocenters. The molecule has 0 amide bonds. The van der Waals surface area contributed by atoms with Crippen molar-refractivity contribution in [2.45, 2.75) is 64.3 Å². The number of halogens is 3. The van der Waals surface area contributed by atoms with E-state index >= 15 is 0 Å². The number of hydrogen-bond acceptors (Lipinski definition) is 4. The van der Waals surface area contributed by atoms with Gasteiger partial charge in [0.05, 0.1) is 13.1 Å². The van der Waals surface area contributed by atoms with E-state index in [9.17, 15) is 13.2 Å². The molecule has 7 nitrogen and oxygen atoms in total. The molecule has 0 aliphatic heterocycles. The number of guanidine groups is 1. The smallest absolute Gasteiger partial charge is 0.422 e. The topological polar surface area (TPSA) is 76.4 Å². The molecule has 1 aromatic heterocycles. The van der Waals surface area contributed by atoms with Crippen molar-refractivity contribution >= 4 is 5.96 Å². The first-order valence-electron chi connectivity index (χ1n) is 10.5. The van der Waals surface area contributed by atoms with Crippen molar-refractivity contribution in [1.29, 1.82) is 0 Å². The summed E-state index contributed by atoms with van der Waals surface area (Å²) in [6.45, 7) is 1.47. The highest BCUT2D eigenvalue weighted by Gasteiger charge is 2.28. The average molecular weight is 438 g/mol. The van der Waals surface area contributed by atoms with Crippen molar-refractivity contribution in [2.75, 3.05) is 6.61 Å². The molecule has 0 radical (unpaired) electrons. The Morgan fingerprint density at radius 2 is 1.87 bits per heavy atom. The Kier molecular flexibility index (Phi) is 7.75. The molecule has 1 fully saturated rings. The van der Waals surface area contributed by atoms with Gasteiger partial charge in [0.1, 0.15) is 11.6 Å². The van der Waals surface area contributed by atoms with E-state index in [1.807, 2.05) is 18.5 Å². The molecule has 1 aliphatic rings. The first-order valence-corrected chi connectivity index (χ1v) is 10.5. The Balaban J connectivity index is 1.62. The van der Waals surface area contributed by atoms with Gasteiger partial charge < -0.3 is 19.9 Å². The van der Waals surface area contributed by atoms with Crippen LogP contribution < -0.4 is 15.4 Å². The predicted molar refractivity (Wildman–Crippen MR) is 112 cm³/mol. The fourth-order valence-electron chi connectivity index (χ4n) is 3.39. The number of ether oxygens (including phenoxy) is 1. The Bertz CT molecular complexity index is 857. The fraction of sp³-hybridized carbons (Fsp3) is 0.571. The molecule has 0 bridgehead atoms. The number of nitrogens with one attached hydrogen (secondary N) is 2. The quantitative estimate of drug-likeness (QED) is 0.510. The van der Waals surface area contributed by atoms with Crippen LogP contribution in [0.3, 0.4) is 0 Å². The van der Waals surface area contributed by atoms with Crippen LogP contribution in [0.4, 0.5) is 13.2 Å². The van der Waals surface area contributed by atoms with Gasteiger partial charge in [-0.2, -0.15) is 13.2 Å². The summed E-state index contributed by atoms with van der Waals surface area (Å²) in [5.74, 6) is 2.51. The van der Waals surface area contributed by atoms with Crippen molar-refractivity contribution in [3.8, 4) is 5.75 Å². The number of hydrogen-bond donors (Lipinski definition) is 2. The number of aryl methyl sites for hydroxylation is 1. The molecule has 2 N–H and O–H groups in total. The van der Waals surface area contributed by atoms with Gasteiger partial charge in [-0.3, -0.25) is 0 Å². The molecule has 0 spiro atoms. The second-order valence-corrected chi connectivity index (χ2v) is 7.77. The van der Waals surface area contributed by atoms with Crippen molar-refractivity contribution < 1.29 is 17.9 Å². The van der Waals surface area contributed by atoms with E-state index in [4.69, 9.17) is 4.74 Å². The fourth-order valence-corrected chi connectivity index (χ4v) is 3.39. The summed E-state index contributed by atoms with van der Waals surface area (Å²) in [6, 6.07) is 6.87. The number of rotatable bonds is 7. The van der Waals surface area contributed by atoms with Crippen LogP contribution in [-0.2, 0) is 20.1 Å². The van der Waals surface area contributed by atoms with Gasteiger partial charge in [-0.1, -0.05) is 31.4 Å². The molecule has 1 heterocycles. The SMILES string of the molecule is Cc1nnc(CNC(=NCc2ccc(OCC(F)(F)F)cc2)NC2CCCCC2)n1C. The lowest BCUT2D eigenvalue weighted by Gasteiger charge is -2.25. The van der Waals surface area contributed by atoms with Gasteiger partial charge in [0.2, 0.25) is 0 Å². The second kappa shape index (κ2) is 10.5. The Morgan fingerprint density at radius 3 is 2.48 bits per heavy atom. The maximum atomic E-state index is 12.3. The third-order valence-corrected chi connectivity index (χ3v) is 5.29. The lowest BCUT2D eigenvalue weighted by molar-refractivity contribution is -0.153. The highest BCUT2D eigenvalue weighted by Crippen LogP contribution is 2.19. The Hall–Kier alpha value is -2.78. The minimum Gasteiger partial charge on any atom is -0.484 e. The summed E-state index contributed by atoms with van der Waals surface area (Å²) >= 11 is 0. The molecule has 0 atom stereocenters. The van der Waals surface area contributed by atoms with Crippen LogP contribution in [0.5, 0.6) is 5.75 Å². The van der Waals surface area contributed by atoms with E-state index in [2.05, 4.69) is 25.8 Å². The molecular weight excluding hydrogens is 409 g/mol. The van der Waals surface area contributed by atoms with Gasteiger partial charge in [-0.05, 0) is 37.5 Å². The molecule has 31 heavy (non-hydrogen) atoms. The van der Waals surface area contributed by atoms with Crippen molar-refractivity contribution in [1.82, 2.24) is 25.4 Å². The molecule has 1 aromatic carbocycles. The molecule has 170 valence electrons. The van der Waals surface area contributed by atoms with Crippen LogP contribution in [0.1, 0.15) is 49.3 Å². The van der Waals surface area contributed by atoms with E-state index in [0.29, 0.717) is 25.1 Å². The second-order valence-electron chi connectivity index (χ2n) is 7.77. The number of alkyl halides is 3. The zero-order valence-electron chi connectivity index (χ0n) is 17.9. The zero-order chi connectivity index (χ0) is 22.3. The summed E-state index contributed by atoms with van der Waals surface area (Å²) in [7, 11) is 1.92. The normalized spacial score (nSPS) is 15.7. The monoisotopic (exact) mass is 438 g/mol.